The van der Waals surface area contributed by atoms with Gasteiger partial charge in [-0.1, -0.05) is 0 Å². The number of amides is 1. The molecule has 0 radical (unpaired) electrons. The lowest BCUT2D eigenvalue weighted by Crippen LogP contribution is -2.43. The Balaban J connectivity index is 1.77. The van der Waals surface area contributed by atoms with Crippen LogP contribution >= 0.6 is 0 Å². The Morgan fingerprint density at radius 3 is 3.00 bits per heavy atom. The van der Waals surface area contributed by atoms with Gasteiger partial charge in [0.25, 0.3) is 5.91 Å². The number of hydrogen-bond donors (Lipinski definition) is 0. The zero-order chi connectivity index (χ0) is 16.4. The third-order valence-electron chi connectivity index (χ3n) is 3.96. The lowest BCUT2D eigenvalue weighted by atomic mass is 9.98. The Bertz CT molecular complexity index is 743. The summed E-state index contributed by atoms with van der Waals surface area (Å²) in [6.45, 7) is 3.01. The highest BCUT2D eigenvalue weighted by atomic mass is 19.1. The van der Waals surface area contributed by atoms with Gasteiger partial charge < -0.3 is 14.0 Å². The van der Waals surface area contributed by atoms with E-state index in [1.165, 1.54) is 28.9 Å². The Morgan fingerprint density at radius 2 is 2.22 bits per heavy atom. The fourth-order valence-electron chi connectivity index (χ4n) is 2.84. The van der Waals surface area contributed by atoms with Crippen molar-refractivity contribution in [2.75, 3.05) is 19.7 Å². The van der Waals surface area contributed by atoms with Crippen LogP contribution in [0.3, 0.4) is 0 Å². The molecule has 0 N–H and O–H groups in total. The largest absolute Gasteiger partial charge is 0.466 e. The molecule has 0 aromatic carbocycles. The zero-order valence-corrected chi connectivity index (χ0v) is 12.9. The van der Waals surface area contributed by atoms with Crippen molar-refractivity contribution < 1.29 is 18.7 Å². The highest BCUT2D eigenvalue weighted by molar-refractivity contribution is 5.93. The number of hydrogen-bond acceptors (Lipinski definition) is 4. The average molecular weight is 319 g/mol. The van der Waals surface area contributed by atoms with Crippen molar-refractivity contribution in [2.24, 2.45) is 5.92 Å². The number of pyridine rings is 1. The van der Waals surface area contributed by atoms with E-state index >= 15 is 0 Å². The summed E-state index contributed by atoms with van der Waals surface area (Å²) in [5.74, 6) is -1.19. The quantitative estimate of drug-likeness (QED) is 0.811. The SMILES string of the molecule is CCOC(=O)C1CCCN(C(=O)c2cn3cc(F)ccc3n2)C1. The number of halogens is 1. The third kappa shape index (κ3) is 3.18. The Hall–Kier alpha value is -2.44. The maximum absolute atomic E-state index is 13.2. The van der Waals surface area contributed by atoms with E-state index in [1.807, 2.05) is 0 Å². The predicted molar refractivity (Wildman–Crippen MR) is 80.4 cm³/mol. The fourth-order valence-corrected chi connectivity index (χ4v) is 2.84. The number of nitrogens with zero attached hydrogens (tertiary/aromatic N) is 3. The monoisotopic (exact) mass is 319 g/mol. The molecule has 0 aliphatic carbocycles. The number of carbonyl (C=O) groups excluding carboxylic acids is 2. The van der Waals surface area contributed by atoms with Gasteiger partial charge in [-0.05, 0) is 31.9 Å². The summed E-state index contributed by atoms with van der Waals surface area (Å²) in [7, 11) is 0. The Kier molecular flexibility index (Phi) is 4.27. The molecular weight excluding hydrogens is 301 g/mol. The highest BCUT2D eigenvalue weighted by Crippen LogP contribution is 2.20. The lowest BCUT2D eigenvalue weighted by molar-refractivity contribution is -0.149. The summed E-state index contributed by atoms with van der Waals surface area (Å²) >= 11 is 0. The molecule has 3 heterocycles. The molecule has 122 valence electrons. The first-order chi connectivity index (χ1) is 11.1. The molecule has 0 bridgehead atoms. The number of likely N-dealkylation sites (tertiary alicyclic amines) is 1. The molecule has 2 aromatic heterocycles. The van der Waals surface area contributed by atoms with Crippen molar-refractivity contribution in [3.8, 4) is 0 Å². The molecule has 1 atom stereocenters. The van der Waals surface area contributed by atoms with Gasteiger partial charge in [-0.15, -0.1) is 0 Å². The summed E-state index contributed by atoms with van der Waals surface area (Å²) in [4.78, 5) is 30.3. The molecule has 1 aliphatic rings. The fraction of sp³-hybridized carbons (Fsp3) is 0.438. The first-order valence-corrected chi connectivity index (χ1v) is 7.68. The smallest absolute Gasteiger partial charge is 0.310 e. The van der Waals surface area contributed by atoms with Crippen LogP contribution in [0.1, 0.15) is 30.3 Å². The maximum Gasteiger partial charge on any atom is 0.310 e. The molecule has 1 unspecified atom stereocenters. The number of imidazole rings is 1. The van der Waals surface area contributed by atoms with E-state index in [4.69, 9.17) is 4.74 Å². The predicted octanol–water partition coefficient (Wildman–Crippen LogP) is 1.89. The molecule has 23 heavy (non-hydrogen) atoms. The van der Waals surface area contributed by atoms with Crippen LogP contribution in [0.5, 0.6) is 0 Å². The summed E-state index contributed by atoms with van der Waals surface area (Å²) in [6.07, 6.45) is 4.25. The number of ether oxygens (including phenoxy) is 1. The molecule has 0 saturated carbocycles. The first kappa shape index (κ1) is 15.5. The second kappa shape index (κ2) is 6.36. The Morgan fingerprint density at radius 1 is 1.39 bits per heavy atom. The van der Waals surface area contributed by atoms with Crippen LogP contribution in [0.2, 0.25) is 0 Å². The van der Waals surface area contributed by atoms with Crippen LogP contribution in [0.4, 0.5) is 4.39 Å². The van der Waals surface area contributed by atoms with E-state index < -0.39 is 5.82 Å². The molecule has 6 nitrogen and oxygen atoms in total. The Labute approximate surface area is 132 Å². The second-order valence-electron chi connectivity index (χ2n) is 5.58. The van der Waals surface area contributed by atoms with E-state index in [0.29, 0.717) is 25.3 Å². The molecule has 0 spiro atoms. The van der Waals surface area contributed by atoms with Crippen molar-refractivity contribution in [3.63, 3.8) is 0 Å². The lowest BCUT2D eigenvalue weighted by Gasteiger charge is -2.31. The third-order valence-corrected chi connectivity index (χ3v) is 3.96. The number of piperidine rings is 1. The molecule has 3 rings (SSSR count). The van der Waals surface area contributed by atoms with E-state index in [2.05, 4.69) is 4.98 Å². The van der Waals surface area contributed by atoms with E-state index in [-0.39, 0.29) is 23.5 Å². The molecule has 1 aliphatic heterocycles. The van der Waals surface area contributed by atoms with Gasteiger partial charge in [0, 0.05) is 25.5 Å². The van der Waals surface area contributed by atoms with Gasteiger partial charge in [0.2, 0.25) is 0 Å². The summed E-state index contributed by atoms with van der Waals surface area (Å²) in [5.41, 5.74) is 0.758. The van der Waals surface area contributed by atoms with E-state index in [9.17, 15) is 14.0 Å². The molecule has 1 fully saturated rings. The first-order valence-electron chi connectivity index (χ1n) is 7.68. The van der Waals surface area contributed by atoms with Crippen LogP contribution in [0, 0.1) is 11.7 Å². The number of esters is 1. The second-order valence-corrected chi connectivity index (χ2v) is 5.58. The zero-order valence-electron chi connectivity index (χ0n) is 12.9. The number of fused-ring (bicyclic) bond motifs is 1. The van der Waals surface area contributed by atoms with E-state index in [0.717, 1.165) is 12.8 Å². The normalized spacial score (nSPS) is 18.2. The molecule has 1 amide bonds. The van der Waals surface area contributed by atoms with Crippen molar-refractivity contribution in [1.82, 2.24) is 14.3 Å². The van der Waals surface area contributed by atoms with E-state index in [1.54, 1.807) is 11.8 Å². The van der Waals surface area contributed by atoms with Crippen molar-refractivity contribution in [1.29, 1.82) is 0 Å². The van der Waals surface area contributed by atoms with Crippen molar-refractivity contribution in [2.45, 2.75) is 19.8 Å². The van der Waals surface area contributed by atoms with Crippen LogP contribution in [-0.4, -0.2) is 45.9 Å². The highest BCUT2D eigenvalue weighted by Gasteiger charge is 2.30. The topological polar surface area (TPSA) is 63.9 Å². The van der Waals surface area contributed by atoms with Gasteiger partial charge in [0.15, 0.2) is 0 Å². The van der Waals surface area contributed by atoms with Crippen LogP contribution < -0.4 is 0 Å². The van der Waals surface area contributed by atoms with Gasteiger partial charge in [-0.3, -0.25) is 9.59 Å². The average Bonchev–Trinajstić information content (AvgIpc) is 2.97. The number of aromatic nitrogens is 2. The van der Waals surface area contributed by atoms with Crippen LogP contribution in [0.15, 0.2) is 24.5 Å². The van der Waals surface area contributed by atoms with Gasteiger partial charge in [-0.25, -0.2) is 9.37 Å². The van der Waals surface area contributed by atoms with Crippen LogP contribution in [-0.2, 0) is 9.53 Å². The maximum atomic E-state index is 13.2. The van der Waals surface area contributed by atoms with Crippen LogP contribution in [0.25, 0.3) is 5.65 Å². The summed E-state index contributed by atoms with van der Waals surface area (Å²) in [6, 6.07) is 2.82. The molecule has 7 heteroatoms. The van der Waals surface area contributed by atoms with Gasteiger partial charge in [0.1, 0.15) is 17.2 Å². The molecule has 1 saturated heterocycles. The minimum atomic E-state index is -0.394. The number of rotatable bonds is 3. The van der Waals surface area contributed by atoms with Gasteiger partial charge in [0.05, 0.1) is 12.5 Å². The van der Waals surface area contributed by atoms with Gasteiger partial charge >= 0.3 is 5.97 Å². The minimum absolute atomic E-state index is 0.247. The van der Waals surface area contributed by atoms with Crippen molar-refractivity contribution >= 4 is 17.5 Å². The minimum Gasteiger partial charge on any atom is -0.466 e. The number of carbonyl (C=O) groups is 2. The van der Waals surface area contributed by atoms with Gasteiger partial charge in [-0.2, -0.15) is 0 Å². The molecular formula is C16H18FN3O3. The standard InChI is InChI=1S/C16H18FN3O3/c1-2-23-16(22)11-4-3-7-19(8-11)15(21)13-10-20-9-12(17)5-6-14(20)18-13/h5-6,9-11H,2-4,7-8H2,1H3. The van der Waals surface area contributed by atoms with Crippen molar-refractivity contribution in [3.05, 3.63) is 36.0 Å². The summed E-state index contributed by atoms with van der Waals surface area (Å²) < 4.78 is 19.7. The molecule has 2 aromatic rings. The summed E-state index contributed by atoms with van der Waals surface area (Å²) in [5, 5.41) is 0.